The maximum Gasteiger partial charge on any atom is 0.0654 e. The van der Waals surface area contributed by atoms with Crippen molar-refractivity contribution in [2.45, 2.75) is 83.3 Å². The van der Waals surface area contributed by atoms with Gasteiger partial charge in [-0.1, -0.05) is 19.8 Å². The number of piperidine rings is 1. The van der Waals surface area contributed by atoms with Crippen molar-refractivity contribution in [3.63, 3.8) is 0 Å². The number of hydrogen-bond acceptors (Lipinski definition) is 3. The van der Waals surface area contributed by atoms with Crippen LogP contribution in [0.15, 0.2) is 0 Å². The Morgan fingerprint density at radius 2 is 2.00 bits per heavy atom. The van der Waals surface area contributed by atoms with Gasteiger partial charge in [-0.2, -0.15) is 0 Å². The van der Waals surface area contributed by atoms with Gasteiger partial charge in [0.05, 0.1) is 13.2 Å². The smallest absolute Gasteiger partial charge is 0.0654 e. The molecule has 0 spiro atoms. The molecule has 3 heteroatoms. The third-order valence-electron chi connectivity index (χ3n) is 6.67. The summed E-state index contributed by atoms with van der Waals surface area (Å²) < 4.78 is 6.26. The molecule has 1 saturated carbocycles. The van der Waals surface area contributed by atoms with E-state index in [1.165, 1.54) is 58.2 Å². The minimum absolute atomic E-state index is 0.336. The summed E-state index contributed by atoms with van der Waals surface area (Å²) in [5.74, 6) is 0.928. The molecule has 2 saturated heterocycles. The predicted octanol–water partition coefficient (Wildman–Crippen LogP) is 3.53. The Labute approximate surface area is 137 Å². The zero-order valence-corrected chi connectivity index (χ0v) is 15.2. The largest absolute Gasteiger partial charge is 0.378 e. The van der Waals surface area contributed by atoms with Gasteiger partial charge in [0, 0.05) is 17.1 Å². The Morgan fingerprint density at radius 3 is 2.73 bits per heavy atom. The van der Waals surface area contributed by atoms with Crippen molar-refractivity contribution in [2.75, 3.05) is 32.8 Å². The van der Waals surface area contributed by atoms with Crippen LogP contribution in [0.2, 0.25) is 0 Å². The van der Waals surface area contributed by atoms with Gasteiger partial charge in [0.1, 0.15) is 0 Å². The number of fused-ring (bicyclic) bond motifs is 1. The highest BCUT2D eigenvalue weighted by atomic mass is 16.5. The van der Waals surface area contributed by atoms with Crippen LogP contribution in [0.25, 0.3) is 0 Å². The molecular weight excluding hydrogens is 272 g/mol. The molecule has 0 aromatic carbocycles. The zero-order valence-electron chi connectivity index (χ0n) is 15.2. The molecule has 3 rings (SSSR count). The van der Waals surface area contributed by atoms with Crippen molar-refractivity contribution in [3.8, 4) is 0 Å². The maximum atomic E-state index is 6.26. The average molecular weight is 309 g/mol. The molecule has 128 valence electrons. The SMILES string of the molecule is CCN1CCC2C[C@]21COCC(C)N1CCCCCC1(C)C. The minimum Gasteiger partial charge on any atom is -0.378 e. The number of nitrogens with zero attached hydrogens (tertiary/aromatic N) is 2. The highest BCUT2D eigenvalue weighted by Gasteiger charge is 2.61. The molecule has 3 nitrogen and oxygen atoms in total. The van der Waals surface area contributed by atoms with Crippen LogP contribution in [-0.4, -0.2) is 59.8 Å². The van der Waals surface area contributed by atoms with Crippen molar-refractivity contribution in [3.05, 3.63) is 0 Å². The number of likely N-dealkylation sites (tertiary alicyclic amines) is 2. The first-order valence-corrected chi connectivity index (χ1v) is 9.59. The first-order valence-electron chi connectivity index (χ1n) is 9.59. The lowest BCUT2D eigenvalue weighted by molar-refractivity contribution is -0.00472. The maximum absolute atomic E-state index is 6.26. The highest BCUT2D eigenvalue weighted by Crippen LogP contribution is 2.55. The van der Waals surface area contributed by atoms with Crippen LogP contribution in [0.1, 0.15) is 66.2 Å². The van der Waals surface area contributed by atoms with Gasteiger partial charge < -0.3 is 4.74 Å². The molecule has 22 heavy (non-hydrogen) atoms. The number of likely N-dealkylation sites (N-methyl/N-ethyl adjacent to an activating group) is 1. The molecule has 2 heterocycles. The molecule has 0 aromatic rings. The molecule has 3 atom stereocenters. The summed E-state index contributed by atoms with van der Waals surface area (Å²) >= 11 is 0. The first-order chi connectivity index (χ1) is 10.5. The van der Waals surface area contributed by atoms with Crippen LogP contribution in [-0.2, 0) is 4.74 Å². The number of rotatable bonds is 6. The molecule has 2 aliphatic heterocycles. The van der Waals surface area contributed by atoms with E-state index in [0.717, 1.165) is 19.1 Å². The van der Waals surface area contributed by atoms with Gasteiger partial charge >= 0.3 is 0 Å². The zero-order chi connectivity index (χ0) is 15.8. The Bertz CT molecular complexity index is 384. The summed E-state index contributed by atoms with van der Waals surface area (Å²) in [7, 11) is 0. The van der Waals surface area contributed by atoms with Crippen LogP contribution in [0.5, 0.6) is 0 Å². The summed E-state index contributed by atoms with van der Waals surface area (Å²) in [6, 6.07) is 0.540. The topological polar surface area (TPSA) is 15.7 Å². The molecule has 0 radical (unpaired) electrons. The summed E-state index contributed by atoms with van der Waals surface area (Å²) in [5, 5.41) is 0. The normalized spacial score (nSPS) is 36.8. The average Bonchev–Trinajstić information content (AvgIpc) is 3.12. The number of ether oxygens (including phenoxy) is 1. The molecule has 2 unspecified atom stereocenters. The standard InChI is InChI=1S/C19H36N2O/c1-5-20-12-9-17-13-19(17,20)15-22-14-16(2)21-11-8-6-7-10-18(21,3)4/h16-17H,5-15H2,1-4H3/t16?,17?,19-/m0/s1. The van der Waals surface area contributed by atoms with Crippen LogP contribution in [0.3, 0.4) is 0 Å². The Morgan fingerprint density at radius 1 is 1.18 bits per heavy atom. The highest BCUT2D eigenvalue weighted by molar-refractivity contribution is 5.15. The van der Waals surface area contributed by atoms with E-state index >= 15 is 0 Å². The summed E-state index contributed by atoms with van der Waals surface area (Å²) in [4.78, 5) is 5.37. The van der Waals surface area contributed by atoms with E-state index in [2.05, 4.69) is 37.5 Å². The van der Waals surface area contributed by atoms with E-state index in [1.54, 1.807) is 0 Å². The van der Waals surface area contributed by atoms with E-state index in [-0.39, 0.29) is 0 Å². The fourth-order valence-electron chi connectivity index (χ4n) is 5.18. The summed E-state index contributed by atoms with van der Waals surface area (Å²) in [6.07, 6.45) is 8.23. The second-order valence-electron chi connectivity index (χ2n) is 8.55. The molecule has 0 amide bonds. The second-order valence-corrected chi connectivity index (χ2v) is 8.55. The summed E-state index contributed by atoms with van der Waals surface area (Å²) in [5.41, 5.74) is 0.769. The van der Waals surface area contributed by atoms with Crippen molar-refractivity contribution in [2.24, 2.45) is 5.92 Å². The molecule has 0 bridgehead atoms. The molecular formula is C19H36N2O. The monoisotopic (exact) mass is 308 g/mol. The Hall–Kier alpha value is -0.120. The number of hydrogen-bond donors (Lipinski definition) is 0. The van der Waals surface area contributed by atoms with Gasteiger partial charge in [0.15, 0.2) is 0 Å². The van der Waals surface area contributed by atoms with Crippen LogP contribution in [0, 0.1) is 5.92 Å². The molecule has 1 aliphatic carbocycles. The predicted molar refractivity (Wildman–Crippen MR) is 92.2 cm³/mol. The second kappa shape index (κ2) is 6.41. The Kier molecular flexibility index (Phi) is 4.87. The lowest BCUT2D eigenvalue weighted by Gasteiger charge is -2.41. The third kappa shape index (κ3) is 3.09. The first kappa shape index (κ1) is 16.7. The fraction of sp³-hybridized carbons (Fsp3) is 1.00. The lowest BCUT2D eigenvalue weighted by Crippen LogP contribution is -2.50. The Balaban J connectivity index is 1.49. The molecule has 0 aromatic heterocycles. The van der Waals surface area contributed by atoms with Crippen LogP contribution in [0.4, 0.5) is 0 Å². The van der Waals surface area contributed by atoms with Gasteiger partial charge in [-0.25, -0.2) is 0 Å². The van der Waals surface area contributed by atoms with Gasteiger partial charge in [0.2, 0.25) is 0 Å². The minimum atomic E-state index is 0.336. The van der Waals surface area contributed by atoms with Gasteiger partial charge in [-0.05, 0) is 72.0 Å². The third-order valence-corrected chi connectivity index (χ3v) is 6.67. The van der Waals surface area contributed by atoms with Crippen molar-refractivity contribution in [1.29, 1.82) is 0 Å². The summed E-state index contributed by atoms with van der Waals surface area (Å²) in [6.45, 7) is 15.1. The lowest BCUT2D eigenvalue weighted by atomic mass is 9.95. The van der Waals surface area contributed by atoms with Crippen LogP contribution < -0.4 is 0 Å². The van der Waals surface area contributed by atoms with Crippen LogP contribution >= 0.6 is 0 Å². The van der Waals surface area contributed by atoms with Crippen molar-refractivity contribution in [1.82, 2.24) is 9.80 Å². The van der Waals surface area contributed by atoms with E-state index in [4.69, 9.17) is 4.74 Å². The van der Waals surface area contributed by atoms with Gasteiger partial charge in [-0.15, -0.1) is 0 Å². The van der Waals surface area contributed by atoms with E-state index in [1.807, 2.05) is 0 Å². The fourth-order valence-corrected chi connectivity index (χ4v) is 5.18. The van der Waals surface area contributed by atoms with Gasteiger partial charge in [0.25, 0.3) is 0 Å². The van der Waals surface area contributed by atoms with E-state index < -0.39 is 0 Å². The molecule has 3 aliphatic rings. The van der Waals surface area contributed by atoms with Crippen molar-refractivity contribution >= 4 is 0 Å². The van der Waals surface area contributed by atoms with Crippen molar-refractivity contribution < 1.29 is 4.74 Å². The van der Waals surface area contributed by atoms with E-state index in [9.17, 15) is 0 Å². The van der Waals surface area contributed by atoms with Gasteiger partial charge in [-0.3, -0.25) is 9.80 Å². The molecule has 0 N–H and O–H groups in total. The quantitative estimate of drug-likeness (QED) is 0.746. The molecule has 3 fully saturated rings. The van der Waals surface area contributed by atoms with E-state index in [0.29, 0.717) is 17.1 Å².